The average molecular weight is 418 g/mol. The third kappa shape index (κ3) is 4.94. The molecule has 4 rings (SSSR count). The Morgan fingerprint density at radius 3 is 2.67 bits per heavy atom. The molecule has 3 aromatic rings. The highest BCUT2D eigenvalue weighted by molar-refractivity contribution is 8.03. The van der Waals surface area contributed by atoms with Crippen LogP contribution in [0.2, 0.25) is 0 Å². The molecule has 0 bridgehead atoms. The van der Waals surface area contributed by atoms with Crippen molar-refractivity contribution in [3.63, 3.8) is 0 Å². The van der Waals surface area contributed by atoms with Crippen LogP contribution in [0.1, 0.15) is 5.56 Å². The molecule has 1 N–H and O–H groups in total. The van der Waals surface area contributed by atoms with E-state index in [1.54, 1.807) is 30.0 Å². The molecule has 2 heterocycles. The Morgan fingerprint density at radius 1 is 1.04 bits per heavy atom. The van der Waals surface area contributed by atoms with E-state index in [1.165, 1.54) is 28.7 Å². The highest BCUT2D eigenvalue weighted by Gasteiger charge is 2.14. The average Bonchev–Trinajstić information content (AvgIpc) is 3.34. The molecule has 0 spiro atoms. The summed E-state index contributed by atoms with van der Waals surface area (Å²) < 4.78 is 12.3. The summed E-state index contributed by atoms with van der Waals surface area (Å²) in [5.41, 5.74) is 1.93. The first-order chi connectivity index (χ1) is 13.3. The zero-order valence-corrected chi connectivity index (χ0v) is 16.5. The summed E-state index contributed by atoms with van der Waals surface area (Å²) in [6.07, 6.45) is 0. The van der Waals surface area contributed by atoms with Gasteiger partial charge in [0.15, 0.2) is 20.2 Å². The quantitative estimate of drug-likeness (QED) is 0.575. The summed E-state index contributed by atoms with van der Waals surface area (Å²) >= 11 is 4.53. The minimum absolute atomic E-state index is 0.104. The van der Waals surface area contributed by atoms with Crippen LogP contribution in [0.15, 0.2) is 57.2 Å². The van der Waals surface area contributed by atoms with Gasteiger partial charge in [0.05, 0.1) is 5.75 Å². The van der Waals surface area contributed by atoms with Crippen LogP contribution in [0.5, 0.6) is 11.5 Å². The minimum atomic E-state index is -0.104. The first kappa shape index (κ1) is 18.1. The van der Waals surface area contributed by atoms with Crippen molar-refractivity contribution in [1.82, 2.24) is 10.2 Å². The molecule has 9 heteroatoms. The number of thioether (sulfide) groups is 2. The van der Waals surface area contributed by atoms with Crippen LogP contribution in [-0.4, -0.2) is 28.7 Å². The van der Waals surface area contributed by atoms with Gasteiger partial charge in [0.25, 0.3) is 0 Å². The smallest absolute Gasteiger partial charge is 0.234 e. The second-order valence-corrected chi connectivity index (χ2v) is 8.94. The fraction of sp³-hybridized carbons (Fsp3) is 0.167. The lowest BCUT2D eigenvalue weighted by Crippen LogP contribution is -2.13. The number of ether oxygens (including phenoxy) is 2. The number of anilines is 1. The van der Waals surface area contributed by atoms with Crippen LogP contribution in [0.4, 0.5) is 5.69 Å². The number of hydrogen-bond donors (Lipinski definition) is 1. The van der Waals surface area contributed by atoms with Gasteiger partial charge in [-0.15, -0.1) is 10.2 Å². The van der Waals surface area contributed by atoms with E-state index >= 15 is 0 Å². The normalized spacial score (nSPS) is 12.1. The SMILES string of the molecule is O=C(CSc1nnc(SCc2ccccc2)s1)Nc1ccc2c(c1)OCO2. The molecule has 1 aliphatic rings. The largest absolute Gasteiger partial charge is 0.454 e. The van der Waals surface area contributed by atoms with Gasteiger partial charge in [-0.25, -0.2) is 0 Å². The summed E-state index contributed by atoms with van der Waals surface area (Å²) in [6.45, 7) is 0.213. The van der Waals surface area contributed by atoms with Gasteiger partial charge < -0.3 is 14.8 Å². The third-order valence-corrected chi connectivity index (χ3v) is 6.84. The molecule has 27 heavy (non-hydrogen) atoms. The number of hydrogen-bond acceptors (Lipinski definition) is 8. The van der Waals surface area contributed by atoms with E-state index in [1.807, 2.05) is 18.2 Å². The molecule has 0 fully saturated rings. The Kier molecular flexibility index (Phi) is 5.81. The van der Waals surface area contributed by atoms with Gasteiger partial charge in [-0.1, -0.05) is 65.2 Å². The van der Waals surface area contributed by atoms with Crippen LogP contribution in [0.25, 0.3) is 0 Å². The number of nitrogens with zero attached hydrogens (tertiary/aromatic N) is 2. The molecule has 0 saturated carbocycles. The van der Waals surface area contributed by atoms with Gasteiger partial charge in [-0.2, -0.15) is 0 Å². The first-order valence-corrected chi connectivity index (χ1v) is 10.9. The molecule has 2 aromatic carbocycles. The zero-order valence-electron chi connectivity index (χ0n) is 14.1. The van der Waals surface area contributed by atoms with E-state index in [0.717, 1.165) is 14.4 Å². The first-order valence-electron chi connectivity index (χ1n) is 8.09. The summed E-state index contributed by atoms with van der Waals surface area (Å²) in [5.74, 6) is 2.35. The number of benzene rings is 2. The Hall–Kier alpha value is -2.23. The number of nitrogens with one attached hydrogen (secondary N) is 1. The van der Waals surface area contributed by atoms with Crippen molar-refractivity contribution in [3.05, 3.63) is 54.1 Å². The van der Waals surface area contributed by atoms with Gasteiger partial charge in [-0.05, 0) is 17.7 Å². The second-order valence-electron chi connectivity index (χ2n) is 5.51. The number of fused-ring (bicyclic) bond motifs is 1. The van der Waals surface area contributed by atoms with Gasteiger partial charge >= 0.3 is 0 Å². The lowest BCUT2D eigenvalue weighted by atomic mass is 10.2. The Labute approximate surface area is 168 Å². The maximum Gasteiger partial charge on any atom is 0.234 e. The van der Waals surface area contributed by atoms with Crippen molar-refractivity contribution >= 4 is 46.5 Å². The highest BCUT2D eigenvalue weighted by Crippen LogP contribution is 2.34. The predicted molar refractivity (Wildman–Crippen MR) is 108 cm³/mol. The molecule has 1 amide bonds. The Balaban J connectivity index is 1.25. The maximum atomic E-state index is 12.2. The van der Waals surface area contributed by atoms with Crippen molar-refractivity contribution in [3.8, 4) is 11.5 Å². The van der Waals surface area contributed by atoms with E-state index in [0.29, 0.717) is 17.2 Å². The van der Waals surface area contributed by atoms with Crippen LogP contribution in [-0.2, 0) is 10.5 Å². The zero-order chi connectivity index (χ0) is 18.5. The monoisotopic (exact) mass is 417 g/mol. The molecule has 1 aromatic heterocycles. The van der Waals surface area contributed by atoms with Gasteiger partial charge in [-0.3, -0.25) is 4.79 Å². The number of amides is 1. The van der Waals surface area contributed by atoms with Gasteiger partial charge in [0, 0.05) is 17.5 Å². The van der Waals surface area contributed by atoms with Gasteiger partial charge in [0.2, 0.25) is 12.7 Å². The summed E-state index contributed by atoms with van der Waals surface area (Å²) in [4.78, 5) is 12.2. The number of carbonyl (C=O) groups excluding carboxylic acids is 1. The number of rotatable bonds is 7. The molecule has 138 valence electrons. The number of carbonyl (C=O) groups is 1. The number of aromatic nitrogens is 2. The second kappa shape index (κ2) is 8.64. The van der Waals surface area contributed by atoms with E-state index in [-0.39, 0.29) is 18.5 Å². The molecule has 0 aliphatic carbocycles. The maximum absolute atomic E-state index is 12.2. The van der Waals surface area contributed by atoms with Crippen molar-refractivity contribution in [2.75, 3.05) is 17.9 Å². The molecule has 0 unspecified atom stereocenters. The van der Waals surface area contributed by atoms with Crippen molar-refractivity contribution < 1.29 is 14.3 Å². The summed E-state index contributed by atoms with van der Waals surface area (Å²) in [5, 5.41) is 11.2. The Bertz CT molecular complexity index is 934. The van der Waals surface area contributed by atoms with Crippen molar-refractivity contribution in [2.24, 2.45) is 0 Å². The van der Waals surface area contributed by atoms with Crippen LogP contribution >= 0.6 is 34.9 Å². The van der Waals surface area contributed by atoms with E-state index in [9.17, 15) is 4.79 Å². The molecular formula is C18H15N3O3S3. The molecular weight excluding hydrogens is 402 g/mol. The lowest BCUT2D eigenvalue weighted by molar-refractivity contribution is -0.113. The summed E-state index contributed by atoms with van der Waals surface area (Å²) in [6, 6.07) is 15.6. The fourth-order valence-corrected chi connectivity index (χ4v) is 5.11. The molecule has 0 saturated heterocycles. The third-order valence-electron chi connectivity index (χ3n) is 3.58. The van der Waals surface area contributed by atoms with E-state index in [2.05, 4.69) is 27.6 Å². The highest BCUT2D eigenvalue weighted by atomic mass is 32.2. The molecule has 6 nitrogen and oxygen atoms in total. The molecule has 1 aliphatic heterocycles. The van der Waals surface area contributed by atoms with Crippen LogP contribution in [0.3, 0.4) is 0 Å². The van der Waals surface area contributed by atoms with Crippen molar-refractivity contribution in [1.29, 1.82) is 0 Å². The van der Waals surface area contributed by atoms with Gasteiger partial charge in [0.1, 0.15) is 0 Å². The fourth-order valence-electron chi connectivity index (χ4n) is 2.33. The van der Waals surface area contributed by atoms with Crippen LogP contribution in [0, 0.1) is 0 Å². The summed E-state index contributed by atoms with van der Waals surface area (Å²) in [7, 11) is 0. The topological polar surface area (TPSA) is 73.3 Å². The molecule has 0 radical (unpaired) electrons. The Morgan fingerprint density at radius 2 is 1.81 bits per heavy atom. The van der Waals surface area contributed by atoms with E-state index < -0.39 is 0 Å². The van der Waals surface area contributed by atoms with Crippen LogP contribution < -0.4 is 14.8 Å². The lowest BCUT2D eigenvalue weighted by Gasteiger charge is -2.05. The predicted octanol–water partition coefficient (Wildman–Crippen LogP) is 4.29. The molecule has 0 atom stereocenters. The van der Waals surface area contributed by atoms with Crippen molar-refractivity contribution in [2.45, 2.75) is 14.4 Å². The minimum Gasteiger partial charge on any atom is -0.454 e. The standard InChI is InChI=1S/C18H15N3O3S3/c22-16(19-13-6-7-14-15(8-13)24-11-23-14)10-26-18-21-20-17(27-18)25-9-12-4-2-1-3-5-12/h1-8H,9-11H2,(H,19,22). The van der Waals surface area contributed by atoms with E-state index in [4.69, 9.17) is 9.47 Å².